The minimum absolute atomic E-state index is 0.117. The molecule has 0 N–H and O–H groups in total. The third kappa shape index (κ3) is 4.67. The molecule has 0 aliphatic carbocycles. The predicted molar refractivity (Wildman–Crippen MR) is 119 cm³/mol. The number of esters is 1. The van der Waals surface area contributed by atoms with Crippen LogP contribution in [0.5, 0.6) is 5.75 Å². The highest BCUT2D eigenvalue weighted by molar-refractivity contribution is 5.83. The summed E-state index contributed by atoms with van der Waals surface area (Å²) in [6, 6.07) is 23.8. The summed E-state index contributed by atoms with van der Waals surface area (Å²) in [7, 11) is 0. The molecule has 0 aliphatic rings. The Morgan fingerprint density at radius 1 is 0.968 bits per heavy atom. The number of fused-ring (bicyclic) bond motifs is 1. The minimum Gasteiger partial charge on any atom is -0.479 e. The first-order chi connectivity index (χ1) is 15.2. The third-order valence-corrected chi connectivity index (χ3v) is 4.97. The van der Waals surface area contributed by atoms with E-state index in [1.165, 1.54) is 6.26 Å². The molecule has 0 fully saturated rings. The highest BCUT2D eigenvalue weighted by Gasteiger charge is 2.21. The summed E-state index contributed by atoms with van der Waals surface area (Å²) in [6.45, 7) is 2.04. The first-order valence-electron chi connectivity index (χ1n) is 10.1. The molecular formula is C26H22O5. The molecule has 0 bridgehead atoms. The second kappa shape index (κ2) is 9.30. The van der Waals surface area contributed by atoms with Crippen molar-refractivity contribution in [3.63, 3.8) is 0 Å². The predicted octanol–water partition coefficient (Wildman–Crippen LogP) is 5.36. The Hall–Kier alpha value is -3.86. The summed E-state index contributed by atoms with van der Waals surface area (Å²) in [4.78, 5) is 25.3. The Morgan fingerprint density at radius 3 is 2.39 bits per heavy atom. The normalized spacial score (nSPS) is 11.8. The Balaban J connectivity index is 1.51. The van der Waals surface area contributed by atoms with Crippen LogP contribution >= 0.6 is 0 Å². The Kier molecular flexibility index (Phi) is 6.13. The molecule has 4 rings (SSSR count). The molecule has 0 aliphatic heterocycles. The van der Waals surface area contributed by atoms with E-state index in [0.717, 1.165) is 11.1 Å². The van der Waals surface area contributed by atoms with Crippen LogP contribution in [-0.4, -0.2) is 12.1 Å². The van der Waals surface area contributed by atoms with Crippen LogP contribution in [0.15, 0.2) is 94.3 Å². The van der Waals surface area contributed by atoms with Gasteiger partial charge in [0.25, 0.3) is 0 Å². The van der Waals surface area contributed by atoms with Crippen molar-refractivity contribution in [2.75, 3.05) is 0 Å². The number of benzene rings is 3. The summed E-state index contributed by atoms with van der Waals surface area (Å²) >= 11 is 0. The number of carbonyl (C=O) groups is 1. The maximum atomic E-state index is 12.9. The molecule has 0 amide bonds. The van der Waals surface area contributed by atoms with Crippen LogP contribution in [0.1, 0.15) is 18.9 Å². The van der Waals surface area contributed by atoms with Gasteiger partial charge in [-0.05, 0) is 29.7 Å². The largest absolute Gasteiger partial charge is 0.479 e. The lowest BCUT2D eigenvalue weighted by Crippen LogP contribution is -2.28. The number of carbonyl (C=O) groups excluding carboxylic acids is 1. The first kappa shape index (κ1) is 20.4. The lowest BCUT2D eigenvalue weighted by Gasteiger charge is -2.17. The fourth-order valence-corrected chi connectivity index (χ4v) is 3.28. The van der Waals surface area contributed by atoms with Gasteiger partial charge in [0.15, 0.2) is 11.5 Å². The maximum absolute atomic E-state index is 12.9. The van der Waals surface area contributed by atoms with Gasteiger partial charge in [0, 0.05) is 6.07 Å². The van der Waals surface area contributed by atoms with E-state index in [9.17, 15) is 9.59 Å². The number of ether oxygens (including phenoxy) is 2. The summed E-state index contributed by atoms with van der Waals surface area (Å²) in [5.41, 5.74) is 2.48. The van der Waals surface area contributed by atoms with Crippen LogP contribution in [0.2, 0.25) is 0 Å². The SMILES string of the molecule is CCC(Oc1ccc2c(=O)c(-c3ccccc3)coc2c1)C(=O)OCc1ccccc1. The van der Waals surface area contributed by atoms with Crippen molar-refractivity contribution >= 4 is 16.9 Å². The fraction of sp³-hybridized carbons (Fsp3) is 0.154. The molecule has 5 nitrogen and oxygen atoms in total. The number of hydrogen-bond donors (Lipinski definition) is 0. The molecule has 1 unspecified atom stereocenters. The Bertz CT molecular complexity index is 1230. The lowest BCUT2D eigenvalue weighted by atomic mass is 10.1. The van der Waals surface area contributed by atoms with Crippen LogP contribution in [-0.2, 0) is 16.1 Å². The maximum Gasteiger partial charge on any atom is 0.347 e. The van der Waals surface area contributed by atoms with Gasteiger partial charge in [0.2, 0.25) is 0 Å². The third-order valence-electron chi connectivity index (χ3n) is 4.97. The second-order valence-electron chi connectivity index (χ2n) is 7.11. The van der Waals surface area contributed by atoms with Crippen LogP contribution in [0, 0.1) is 0 Å². The summed E-state index contributed by atoms with van der Waals surface area (Å²) < 4.78 is 16.9. The van der Waals surface area contributed by atoms with E-state index in [4.69, 9.17) is 13.9 Å². The van der Waals surface area contributed by atoms with Crippen LogP contribution in [0.3, 0.4) is 0 Å². The Labute approximate surface area is 179 Å². The van der Waals surface area contributed by atoms with Crippen molar-refractivity contribution in [2.45, 2.75) is 26.1 Å². The zero-order chi connectivity index (χ0) is 21.6. The van der Waals surface area contributed by atoms with E-state index in [1.807, 2.05) is 67.6 Å². The zero-order valence-electron chi connectivity index (χ0n) is 17.1. The van der Waals surface area contributed by atoms with Gasteiger partial charge in [-0.3, -0.25) is 4.79 Å². The molecular weight excluding hydrogens is 392 g/mol. The molecule has 0 saturated carbocycles. The van der Waals surface area contributed by atoms with Gasteiger partial charge in [-0.1, -0.05) is 67.6 Å². The fourth-order valence-electron chi connectivity index (χ4n) is 3.28. The minimum atomic E-state index is -0.753. The van der Waals surface area contributed by atoms with Crippen LogP contribution < -0.4 is 10.2 Å². The molecule has 1 heterocycles. The highest BCUT2D eigenvalue weighted by Crippen LogP contribution is 2.24. The number of rotatable bonds is 7. The van der Waals surface area contributed by atoms with E-state index in [1.54, 1.807) is 18.2 Å². The van der Waals surface area contributed by atoms with Crippen LogP contribution in [0.25, 0.3) is 22.1 Å². The average molecular weight is 414 g/mol. The molecule has 3 aromatic carbocycles. The molecule has 31 heavy (non-hydrogen) atoms. The van der Waals surface area contributed by atoms with Crippen molar-refractivity contribution in [2.24, 2.45) is 0 Å². The van der Waals surface area contributed by atoms with Crippen molar-refractivity contribution in [3.05, 3.63) is 101 Å². The Morgan fingerprint density at radius 2 is 1.68 bits per heavy atom. The van der Waals surface area contributed by atoms with Crippen LogP contribution in [0.4, 0.5) is 0 Å². The van der Waals surface area contributed by atoms with Gasteiger partial charge in [0.1, 0.15) is 24.2 Å². The van der Waals surface area contributed by atoms with E-state index in [0.29, 0.717) is 28.7 Å². The molecule has 5 heteroatoms. The molecule has 4 aromatic rings. The van der Waals surface area contributed by atoms with Gasteiger partial charge in [-0.2, -0.15) is 0 Å². The molecule has 0 spiro atoms. The van der Waals surface area contributed by atoms with E-state index >= 15 is 0 Å². The van der Waals surface area contributed by atoms with Gasteiger partial charge >= 0.3 is 5.97 Å². The van der Waals surface area contributed by atoms with Crippen molar-refractivity contribution in [1.29, 1.82) is 0 Å². The van der Waals surface area contributed by atoms with Gasteiger partial charge in [-0.15, -0.1) is 0 Å². The summed E-state index contributed by atoms with van der Waals surface area (Å²) in [5, 5.41) is 0.452. The zero-order valence-corrected chi connectivity index (χ0v) is 17.1. The van der Waals surface area contributed by atoms with Crippen molar-refractivity contribution in [1.82, 2.24) is 0 Å². The monoisotopic (exact) mass is 414 g/mol. The van der Waals surface area contributed by atoms with E-state index in [2.05, 4.69) is 0 Å². The quantitative estimate of drug-likeness (QED) is 0.381. The van der Waals surface area contributed by atoms with E-state index in [-0.39, 0.29) is 12.0 Å². The highest BCUT2D eigenvalue weighted by atomic mass is 16.6. The second-order valence-corrected chi connectivity index (χ2v) is 7.11. The molecule has 1 atom stereocenters. The summed E-state index contributed by atoms with van der Waals surface area (Å²) in [6.07, 6.45) is 1.15. The number of hydrogen-bond acceptors (Lipinski definition) is 5. The average Bonchev–Trinajstić information content (AvgIpc) is 2.82. The van der Waals surface area contributed by atoms with Gasteiger partial charge in [-0.25, -0.2) is 4.79 Å². The topological polar surface area (TPSA) is 65.7 Å². The van der Waals surface area contributed by atoms with Gasteiger partial charge in [0.05, 0.1) is 10.9 Å². The lowest BCUT2D eigenvalue weighted by molar-refractivity contribution is -0.153. The van der Waals surface area contributed by atoms with Gasteiger partial charge < -0.3 is 13.9 Å². The molecule has 1 aromatic heterocycles. The smallest absolute Gasteiger partial charge is 0.347 e. The molecule has 0 radical (unpaired) electrons. The van der Waals surface area contributed by atoms with Crippen molar-refractivity contribution < 1.29 is 18.7 Å². The standard InChI is InChI=1S/C26H22O5/c1-2-23(26(28)30-16-18-9-5-3-6-10-18)31-20-13-14-21-24(15-20)29-17-22(25(21)27)19-11-7-4-8-12-19/h3-15,17,23H,2,16H2,1H3. The van der Waals surface area contributed by atoms with Crippen molar-refractivity contribution in [3.8, 4) is 16.9 Å². The molecule has 0 saturated heterocycles. The molecule has 156 valence electrons. The van der Waals surface area contributed by atoms with E-state index < -0.39 is 12.1 Å². The first-order valence-corrected chi connectivity index (χ1v) is 10.1. The summed E-state index contributed by atoms with van der Waals surface area (Å²) in [5.74, 6) is -0.000972.